The van der Waals surface area contributed by atoms with Gasteiger partial charge in [-0.1, -0.05) is 190 Å². The van der Waals surface area contributed by atoms with E-state index < -0.39 is 0 Å². The molecule has 10 rings (SSSR count). The van der Waals surface area contributed by atoms with Gasteiger partial charge in [-0.2, -0.15) is 0 Å². The Morgan fingerprint density at radius 3 is 0.704 bits per heavy atom. The number of fused-ring (bicyclic) bond motifs is 5. The summed E-state index contributed by atoms with van der Waals surface area (Å²) in [5.41, 5.74) is 9.83. The van der Waals surface area contributed by atoms with Crippen LogP contribution in [-0.4, -0.2) is 223 Å². The van der Waals surface area contributed by atoms with Gasteiger partial charge in [0.15, 0.2) is 0 Å². The summed E-state index contributed by atoms with van der Waals surface area (Å²) in [6, 6.07) is 38.7. The summed E-state index contributed by atoms with van der Waals surface area (Å²) in [6.07, 6.45) is 27.9. The number of rotatable bonds is 58. The molecule has 0 atom stereocenters. The van der Waals surface area contributed by atoms with Crippen LogP contribution in [0.5, 0.6) is 0 Å². The maximum Gasteiger partial charge on any atom is 0.221 e. The van der Waals surface area contributed by atoms with Crippen molar-refractivity contribution in [3.8, 4) is 0 Å². The molecule has 22 nitrogen and oxygen atoms in total. The van der Waals surface area contributed by atoms with Crippen molar-refractivity contribution in [1.29, 1.82) is 0 Å². The molecule has 0 saturated carbocycles. The van der Waals surface area contributed by atoms with Crippen LogP contribution >= 0.6 is 58.0 Å². The number of carbonyl (C=O) groups is 5. The fourth-order valence-corrected chi connectivity index (χ4v) is 15.8. The Kier molecular flexibility index (Phi) is 68.6. The van der Waals surface area contributed by atoms with E-state index in [9.17, 15) is 24.0 Å². The lowest BCUT2D eigenvalue weighted by atomic mass is 10.1. The lowest BCUT2D eigenvalue weighted by Crippen LogP contribution is -2.31. The van der Waals surface area contributed by atoms with Gasteiger partial charge in [-0.05, 0) is 245 Å². The van der Waals surface area contributed by atoms with Crippen LogP contribution in [0, 0.1) is 0 Å². The van der Waals surface area contributed by atoms with Crippen LogP contribution in [0.25, 0.3) is 54.5 Å². The molecule has 0 spiro atoms. The van der Waals surface area contributed by atoms with E-state index >= 15 is 0 Å². The number of Topliss-reactive ketones (excluding diaryl/α,β-unsaturated/α-hetero) is 3. The zero-order valence-electron chi connectivity index (χ0n) is 79.2. The molecular formula is C108H168Cl5N17O5. The zero-order valence-corrected chi connectivity index (χ0v) is 83.0. The Labute approximate surface area is 837 Å². The molecular weight excluding hydrogens is 1790 g/mol. The van der Waals surface area contributed by atoms with Crippen molar-refractivity contribution in [2.24, 2.45) is 0 Å². The Morgan fingerprint density at radius 2 is 0.437 bits per heavy atom. The molecule has 750 valence electrons. The third-order valence-electron chi connectivity index (χ3n) is 23.3. The molecule has 0 bridgehead atoms. The smallest absolute Gasteiger partial charge is 0.221 e. The molecule has 0 fully saturated rings. The van der Waals surface area contributed by atoms with E-state index in [0.29, 0.717) is 94.0 Å². The normalized spacial score (nSPS) is 10.8. The third kappa shape index (κ3) is 49.5. The predicted molar refractivity (Wildman–Crippen MR) is 587 cm³/mol. The van der Waals surface area contributed by atoms with Gasteiger partial charge in [0.1, 0.15) is 17.3 Å². The fraction of sp³-hybridized carbons (Fsp3) is 0.537. The topological polar surface area (TPSA) is 250 Å². The Balaban J connectivity index is 0.000000837. The number of pyridine rings is 5. The van der Waals surface area contributed by atoms with Crippen molar-refractivity contribution in [2.45, 2.75) is 241 Å². The predicted octanol–water partition coefficient (Wildman–Crippen LogP) is 26.5. The van der Waals surface area contributed by atoms with Gasteiger partial charge in [-0.15, -0.1) is 0 Å². The minimum absolute atomic E-state index is 0. The number of amides is 2. The first-order valence-corrected chi connectivity index (χ1v) is 49.7. The van der Waals surface area contributed by atoms with Crippen LogP contribution in [-0.2, 0) is 24.0 Å². The van der Waals surface area contributed by atoms with Crippen molar-refractivity contribution in [3.05, 3.63) is 177 Å². The first-order valence-electron chi connectivity index (χ1n) is 47.8. The Bertz CT molecular complexity index is 4920. The second kappa shape index (κ2) is 74.5. The first-order chi connectivity index (χ1) is 63.2. The van der Waals surface area contributed by atoms with Gasteiger partial charge in [0.2, 0.25) is 11.8 Å². The average molecular weight is 1960 g/mol. The van der Waals surface area contributed by atoms with Crippen molar-refractivity contribution in [3.63, 3.8) is 0 Å². The number of hydrogen-bond donors (Lipinski definition) is 7. The highest BCUT2D eigenvalue weighted by molar-refractivity contribution is 6.33. The molecule has 0 radical (unpaired) electrons. The largest absolute Gasteiger partial charge is 0.384 e. The molecule has 0 aliphatic heterocycles. The maximum absolute atomic E-state index is 12.0. The molecule has 0 unspecified atom stereocenters. The second-order valence-corrected chi connectivity index (χ2v) is 34.5. The number of anilines is 5. The van der Waals surface area contributed by atoms with E-state index in [0.717, 1.165) is 297 Å². The number of unbranched alkanes of at least 4 members (excludes halogenated alkanes) is 8. The van der Waals surface area contributed by atoms with Crippen LogP contribution in [0.15, 0.2) is 152 Å². The van der Waals surface area contributed by atoms with Crippen LogP contribution in [0.1, 0.15) is 241 Å². The molecule has 5 aromatic heterocycles. The van der Waals surface area contributed by atoms with Crippen molar-refractivity contribution >= 4 is 170 Å². The van der Waals surface area contributed by atoms with Gasteiger partial charge in [-0.3, -0.25) is 48.9 Å². The number of nitrogens with one attached hydrogen (secondary N) is 7. The highest BCUT2D eigenvalue weighted by Gasteiger charge is 2.14. The summed E-state index contributed by atoms with van der Waals surface area (Å²) in [5.74, 6) is 1.42. The minimum Gasteiger partial charge on any atom is -0.384 e. The van der Waals surface area contributed by atoms with Gasteiger partial charge < -0.3 is 61.7 Å². The number of carbonyl (C=O) groups excluding carboxylic acids is 5. The van der Waals surface area contributed by atoms with E-state index in [1.165, 1.54) is 12.8 Å². The molecule has 27 heteroatoms. The van der Waals surface area contributed by atoms with Crippen LogP contribution in [0.2, 0.25) is 25.1 Å². The molecule has 7 N–H and O–H groups in total. The van der Waals surface area contributed by atoms with Crippen molar-refractivity contribution in [2.75, 3.05) is 171 Å². The summed E-state index contributed by atoms with van der Waals surface area (Å²) in [4.78, 5) is 92.7. The highest BCUT2D eigenvalue weighted by atomic mass is 35.5. The van der Waals surface area contributed by atoms with Crippen LogP contribution < -0.4 is 37.2 Å². The molecule has 5 aromatic carbocycles. The Hall–Kier alpha value is -8.65. The lowest BCUT2D eigenvalue weighted by molar-refractivity contribution is -0.122. The minimum atomic E-state index is 0. The van der Waals surface area contributed by atoms with E-state index in [1.54, 1.807) is 24.8 Å². The lowest BCUT2D eigenvalue weighted by Gasteiger charge is -2.17. The Morgan fingerprint density at radius 1 is 0.237 bits per heavy atom. The number of ketones is 3. The molecule has 5 heterocycles. The molecule has 0 saturated heterocycles. The summed E-state index contributed by atoms with van der Waals surface area (Å²) < 4.78 is 0. The van der Waals surface area contributed by atoms with Gasteiger partial charge in [0.25, 0.3) is 0 Å². The standard InChI is InChI=1S/C23H34ClN3O.C21H31ClN4O.C21H30ClN3O.C19H27ClN4O.C19H26ClN3O.5CH4/c1-3-27(4-2)17-14-20(28)10-8-6-5-7-9-15-25-22-13-16-26-23-18-19(24)11-12-21(22)23;1-3-26(4-2)15-11-21(27)25-13-7-5-6-12-23-19-10-14-24-20-16-17(22)8-9-18(19)20;1-3-25(4-2)15-12-18(26)8-6-5-7-13-23-20-11-14-24-21-16-17(22)9-10-19(20)21;1-3-24(4-2)13-9-19(25)23-11-5-10-21-17-8-12-22-18-14-15(20)6-7-16(17)18;1-3-23(4-2)13-10-16(24)6-5-11-21-18-9-12-22-19-14-15(20)7-8-17(18)19;;;;;/h11-13,16,18H,3-10,14-15,17H2,1-2H3,(H,25,26);8-10,14,16H,3-7,11-13,15H2,1-2H3,(H,23,24)(H,25,27);9-11,14,16H,3-8,12-13,15H2,1-2H3,(H,23,24);6-8,12,14H,3-5,9-11,13H2,1-2H3,(H,21,22)(H,23,25);7-9,12,14H,3-6,10-11,13H2,1-2H3,(H,21,22);5*1H4. The SMILES string of the molecule is C.C.C.C.C.CCN(CC)CCC(=O)CCCCCCCNc1ccnc2cc(Cl)ccc12.CCN(CC)CCC(=O)CCCCCNc1ccnc2cc(Cl)ccc12.CCN(CC)CCC(=O)CCCNc1ccnc2cc(Cl)ccc12.CCN(CC)CCC(=O)NCCCCCNc1ccnc2cc(Cl)ccc12.CCN(CC)CCC(=O)NCCCNc1ccnc2cc(Cl)ccc12. The zero-order chi connectivity index (χ0) is 93.9. The summed E-state index contributed by atoms with van der Waals surface area (Å²) in [7, 11) is 0. The van der Waals surface area contributed by atoms with Crippen molar-refractivity contribution in [1.82, 2.24) is 60.1 Å². The number of hydrogen-bond acceptors (Lipinski definition) is 20. The van der Waals surface area contributed by atoms with E-state index in [1.807, 2.05) is 128 Å². The second-order valence-electron chi connectivity index (χ2n) is 32.3. The van der Waals surface area contributed by atoms with E-state index in [-0.39, 0.29) is 48.9 Å². The first kappa shape index (κ1) is 124. The van der Waals surface area contributed by atoms with Gasteiger partial charge in [0.05, 0.1) is 27.6 Å². The number of halogens is 5. The van der Waals surface area contributed by atoms with Gasteiger partial charge in [-0.25, -0.2) is 0 Å². The number of aromatic nitrogens is 5. The third-order valence-corrected chi connectivity index (χ3v) is 24.4. The molecule has 135 heavy (non-hydrogen) atoms. The number of benzene rings is 5. The number of nitrogens with zero attached hydrogens (tertiary/aromatic N) is 10. The van der Waals surface area contributed by atoms with E-state index in [2.05, 4.69) is 156 Å². The maximum atomic E-state index is 12.0. The summed E-state index contributed by atoms with van der Waals surface area (Å²) in [6.45, 7) is 41.5. The van der Waals surface area contributed by atoms with Gasteiger partial charge in [0, 0.05) is 241 Å². The molecule has 0 aliphatic carbocycles. The summed E-state index contributed by atoms with van der Waals surface area (Å²) >= 11 is 30.1. The fourth-order valence-electron chi connectivity index (χ4n) is 15.0. The molecule has 2 amide bonds. The van der Waals surface area contributed by atoms with Gasteiger partial charge >= 0.3 is 0 Å². The van der Waals surface area contributed by atoms with E-state index in [4.69, 9.17) is 58.0 Å². The monoisotopic (exact) mass is 1960 g/mol. The average Bonchev–Trinajstić information content (AvgIpc) is 0.843. The quantitative estimate of drug-likeness (QED) is 0.0175. The molecule has 0 aliphatic rings. The summed E-state index contributed by atoms with van der Waals surface area (Å²) in [5, 5.41) is 32.1. The van der Waals surface area contributed by atoms with Crippen molar-refractivity contribution < 1.29 is 24.0 Å². The highest BCUT2D eigenvalue weighted by Crippen LogP contribution is 2.30. The van der Waals surface area contributed by atoms with Crippen LogP contribution in [0.4, 0.5) is 28.4 Å². The molecule has 10 aromatic rings. The van der Waals surface area contributed by atoms with Crippen LogP contribution in [0.3, 0.4) is 0 Å².